The van der Waals surface area contributed by atoms with Gasteiger partial charge >= 0.3 is 0 Å². The van der Waals surface area contributed by atoms with Crippen LogP contribution in [-0.2, 0) is 4.79 Å². The molecule has 8 nitrogen and oxygen atoms in total. The van der Waals surface area contributed by atoms with Crippen LogP contribution >= 0.6 is 11.6 Å². The maximum Gasteiger partial charge on any atom is 0.241 e. The number of amides is 1. The summed E-state index contributed by atoms with van der Waals surface area (Å²) < 4.78 is 10.5. The van der Waals surface area contributed by atoms with Gasteiger partial charge in [-0.25, -0.2) is 9.97 Å². The van der Waals surface area contributed by atoms with E-state index in [1.165, 1.54) is 0 Å². The van der Waals surface area contributed by atoms with Gasteiger partial charge in [0.2, 0.25) is 11.9 Å². The molecular formula is C18H22ClN5O3. The van der Waals surface area contributed by atoms with Gasteiger partial charge in [0.15, 0.2) is 0 Å². The summed E-state index contributed by atoms with van der Waals surface area (Å²) >= 11 is 6.11. The predicted octanol–water partition coefficient (Wildman–Crippen LogP) is 1.91. The summed E-state index contributed by atoms with van der Waals surface area (Å²) in [5.41, 5.74) is 0.656. The lowest BCUT2D eigenvalue weighted by Crippen LogP contribution is -2.50. The fourth-order valence-corrected chi connectivity index (χ4v) is 3.12. The van der Waals surface area contributed by atoms with Crippen LogP contribution in [0, 0.1) is 0 Å². The Bertz CT molecular complexity index is 782. The normalized spacial score (nSPS) is 14.0. The highest BCUT2D eigenvalue weighted by atomic mass is 35.5. The van der Waals surface area contributed by atoms with Gasteiger partial charge < -0.3 is 24.6 Å². The van der Waals surface area contributed by atoms with Gasteiger partial charge in [0, 0.05) is 50.7 Å². The van der Waals surface area contributed by atoms with Crippen LogP contribution in [0.4, 0.5) is 11.6 Å². The first-order valence-electron chi connectivity index (χ1n) is 8.57. The third kappa shape index (κ3) is 4.51. The molecule has 1 saturated heterocycles. The molecule has 3 rings (SSSR count). The summed E-state index contributed by atoms with van der Waals surface area (Å²) in [7, 11) is 3.09. The highest BCUT2D eigenvalue weighted by molar-refractivity contribution is 6.32. The molecule has 0 saturated carbocycles. The van der Waals surface area contributed by atoms with Gasteiger partial charge in [0.25, 0.3) is 0 Å². The maximum atomic E-state index is 12.6. The molecule has 1 aromatic heterocycles. The van der Waals surface area contributed by atoms with Crippen molar-refractivity contribution in [1.82, 2.24) is 14.9 Å². The van der Waals surface area contributed by atoms with Crippen molar-refractivity contribution in [1.29, 1.82) is 0 Å². The number of ether oxygens (including phenoxy) is 2. The van der Waals surface area contributed by atoms with E-state index in [1.54, 1.807) is 44.8 Å². The number of carbonyl (C=O) groups is 1. The summed E-state index contributed by atoms with van der Waals surface area (Å²) in [6.07, 6.45) is 3.44. The van der Waals surface area contributed by atoms with Crippen LogP contribution in [0.1, 0.15) is 0 Å². The summed E-state index contributed by atoms with van der Waals surface area (Å²) in [6, 6.07) is 5.17. The topological polar surface area (TPSA) is 79.8 Å². The second-order valence-electron chi connectivity index (χ2n) is 5.96. The van der Waals surface area contributed by atoms with Crippen LogP contribution in [-0.4, -0.2) is 67.7 Å². The van der Waals surface area contributed by atoms with Crippen LogP contribution in [0.2, 0.25) is 5.02 Å². The number of nitrogens with one attached hydrogen (secondary N) is 1. The standard InChI is InChI=1S/C18H22ClN5O3/c1-26-15-11-14(16(27-2)10-13(15)19)22-12-17(25)23-6-8-24(9-7-23)18-20-4-3-5-21-18/h3-5,10-11,22H,6-9,12H2,1-2H3. The van der Waals surface area contributed by atoms with E-state index in [2.05, 4.69) is 20.2 Å². The number of rotatable bonds is 6. The van der Waals surface area contributed by atoms with E-state index >= 15 is 0 Å². The van der Waals surface area contributed by atoms with E-state index in [-0.39, 0.29) is 12.5 Å². The largest absolute Gasteiger partial charge is 0.495 e. The van der Waals surface area contributed by atoms with Crippen LogP contribution in [0.25, 0.3) is 0 Å². The molecule has 0 radical (unpaired) electrons. The SMILES string of the molecule is COc1cc(NCC(=O)N2CCN(c3ncccn3)CC2)c(OC)cc1Cl. The summed E-state index contributed by atoms with van der Waals surface area (Å²) in [5, 5.41) is 3.56. The third-order valence-electron chi connectivity index (χ3n) is 4.37. The first-order valence-corrected chi connectivity index (χ1v) is 8.95. The Labute approximate surface area is 163 Å². The van der Waals surface area contributed by atoms with Crippen molar-refractivity contribution in [2.24, 2.45) is 0 Å². The average molecular weight is 392 g/mol. The van der Waals surface area contributed by atoms with Crippen molar-refractivity contribution >= 4 is 29.1 Å². The van der Waals surface area contributed by atoms with Gasteiger partial charge in [0.05, 0.1) is 31.5 Å². The lowest BCUT2D eigenvalue weighted by atomic mass is 10.2. The number of hydrogen-bond acceptors (Lipinski definition) is 7. The van der Waals surface area contributed by atoms with E-state index in [9.17, 15) is 4.79 Å². The van der Waals surface area contributed by atoms with Crippen LogP contribution in [0.3, 0.4) is 0 Å². The zero-order valence-corrected chi connectivity index (χ0v) is 16.1. The van der Waals surface area contributed by atoms with Crippen LogP contribution in [0.5, 0.6) is 11.5 Å². The third-order valence-corrected chi connectivity index (χ3v) is 4.67. The van der Waals surface area contributed by atoms with Crippen LogP contribution < -0.4 is 19.7 Å². The van der Waals surface area contributed by atoms with Gasteiger partial charge in [-0.3, -0.25) is 4.79 Å². The van der Waals surface area contributed by atoms with Crippen molar-refractivity contribution in [2.75, 3.05) is 57.2 Å². The Balaban J connectivity index is 1.56. The Morgan fingerprint density at radius 3 is 2.41 bits per heavy atom. The molecule has 27 heavy (non-hydrogen) atoms. The van der Waals surface area contributed by atoms with E-state index in [0.29, 0.717) is 54.3 Å². The molecule has 1 aliphatic heterocycles. The van der Waals surface area contributed by atoms with E-state index in [4.69, 9.17) is 21.1 Å². The van der Waals surface area contributed by atoms with Gasteiger partial charge in [-0.15, -0.1) is 0 Å². The summed E-state index contributed by atoms with van der Waals surface area (Å²) in [4.78, 5) is 25.0. The fourth-order valence-electron chi connectivity index (χ4n) is 2.89. The molecule has 0 bridgehead atoms. The molecule has 0 atom stereocenters. The predicted molar refractivity (Wildman–Crippen MR) is 104 cm³/mol. The zero-order valence-electron chi connectivity index (χ0n) is 15.3. The molecule has 0 aliphatic carbocycles. The first kappa shape index (κ1) is 19.0. The summed E-state index contributed by atoms with van der Waals surface area (Å²) in [5.74, 6) is 1.78. The number of carbonyl (C=O) groups excluding carboxylic acids is 1. The molecular weight excluding hydrogens is 370 g/mol. The quantitative estimate of drug-likeness (QED) is 0.805. The van der Waals surface area contributed by atoms with Gasteiger partial charge in [-0.2, -0.15) is 0 Å². The lowest BCUT2D eigenvalue weighted by Gasteiger charge is -2.34. The van der Waals surface area contributed by atoms with Gasteiger partial charge in [-0.1, -0.05) is 11.6 Å². The molecule has 1 N–H and O–H groups in total. The van der Waals surface area contributed by atoms with Crippen molar-refractivity contribution in [3.05, 3.63) is 35.6 Å². The maximum absolute atomic E-state index is 12.6. The molecule has 144 valence electrons. The van der Waals surface area contributed by atoms with Crippen molar-refractivity contribution in [3.8, 4) is 11.5 Å². The smallest absolute Gasteiger partial charge is 0.241 e. The lowest BCUT2D eigenvalue weighted by molar-refractivity contribution is -0.129. The minimum Gasteiger partial charge on any atom is -0.495 e. The average Bonchev–Trinajstić information content (AvgIpc) is 2.73. The number of methoxy groups -OCH3 is 2. The van der Waals surface area contributed by atoms with Crippen molar-refractivity contribution in [2.45, 2.75) is 0 Å². The zero-order chi connectivity index (χ0) is 19.2. The molecule has 9 heteroatoms. The van der Waals surface area contributed by atoms with Crippen molar-refractivity contribution < 1.29 is 14.3 Å². The van der Waals surface area contributed by atoms with E-state index < -0.39 is 0 Å². The highest BCUT2D eigenvalue weighted by Gasteiger charge is 2.22. The molecule has 1 aromatic carbocycles. The van der Waals surface area contributed by atoms with Gasteiger partial charge in [0.1, 0.15) is 11.5 Å². The van der Waals surface area contributed by atoms with Crippen molar-refractivity contribution in [3.63, 3.8) is 0 Å². The summed E-state index contributed by atoms with van der Waals surface area (Å²) in [6.45, 7) is 2.81. The number of aromatic nitrogens is 2. The monoisotopic (exact) mass is 391 g/mol. The first-order chi connectivity index (χ1) is 13.1. The van der Waals surface area contributed by atoms with Crippen LogP contribution in [0.15, 0.2) is 30.6 Å². The molecule has 1 amide bonds. The van der Waals surface area contributed by atoms with E-state index in [1.807, 2.05) is 4.90 Å². The fraction of sp³-hybridized carbons (Fsp3) is 0.389. The molecule has 2 heterocycles. The second kappa shape index (κ2) is 8.77. The number of halogens is 1. The highest BCUT2D eigenvalue weighted by Crippen LogP contribution is 2.35. The molecule has 2 aromatic rings. The molecule has 0 spiro atoms. The molecule has 1 fully saturated rings. The second-order valence-corrected chi connectivity index (χ2v) is 6.36. The number of piperazine rings is 1. The van der Waals surface area contributed by atoms with Gasteiger partial charge in [-0.05, 0) is 6.07 Å². The number of benzene rings is 1. The Kier molecular flexibility index (Phi) is 6.18. The Hall–Kier alpha value is -2.74. The Morgan fingerprint density at radius 1 is 1.11 bits per heavy atom. The molecule has 1 aliphatic rings. The Morgan fingerprint density at radius 2 is 1.78 bits per heavy atom. The minimum atomic E-state index is 0.0135. The number of hydrogen-bond donors (Lipinski definition) is 1. The number of nitrogens with zero attached hydrogens (tertiary/aromatic N) is 4. The van der Waals surface area contributed by atoms with E-state index in [0.717, 1.165) is 0 Å². The molecule has 0 unspecified atom stereocenters. The minimum absolute atomic E-state index is 0.0135. The number of anilines is 2.